The minimum Gasteiger partial charge on any atom is -0.394 e. The van der Waals surface area contributed by atoms with Crippen LogP contribution in [0.1, 0.15) is 48.5 Å². The summed E-state index contributed by atoms with van der Waals surface area (Å²) < 4.78 is 117. The van der Waals surface area contributed by atoms with E-state index in [-0.39, 0.29) is 0 Å². The lowest BCUT2D eigenvalue weighted by atomic mass is 9.93. The Kier molecular flexibility index (Phi) is 37.8. The van der Waals surface area contributed by atoms with Crippen LogP contribution in [0, 0.1) is 0 Å². The number of aliphatic hydroxyl groups is 25. The maximum atomic E-state index is 13.5. The molecule has 0 aromatic carbocycles. The van der Waals surface area contributed by atoms with Crippen LogP contribution in [0.3, 0.4) is 0 Å². The Bertz CT molecular complexity index is 3550. The topological polar surface area (TPSA) is 856 Å². The van der Waals surface area contributed by atoms with Gasteiger partial charge in [0.15, 0.2) is 62.9 Å². The van der Waals surface area contributed by atoms with Crippen molar-refractivity contribution in [2.45, 2.75) is 355 Å². The zero-order chi connectivity index (χ0) is 94.4. The van der Waals surface area contributed by atoms with Gasteiger partial charge in [0.25, 0.3) is 0 Å². The maximum Gasteiger partial charge on any atom is 0.217 e. The van der Waals surface area contributed by atoms with E-state index in [9.17, 15) is 156 Å². The number of hydrogen-bond donors (Lipinski definition) is 31. The Labute approximate surface area is 726 Å². The molecule has 0 aromatic heterocycles. The van der Waals surface area contributed by atoms with Crippen LogP contribution in [0.5, 0.6) is 0 Å². The lowest BCUT2D eigenvalue weighted by molar-refractivity contribution is -0.407. The zero-order valence-corrected chi connectivity index (χ0v) is 69.6. The molecule has 56 heteroatoms. The molecule has 6 amide bonds. The van der Waals surface area contributed by atoms with E-state index >= 15 is 0 Å². The molecule has 0 saturated carbocycles. The molecule has 10 heterocycles. The second-order valence-electron chi connectivity index (χ2n) is 32.5. The Morgan fingerprint density at radius 2 is 0.492 bits per heavy atom. The third-order valence-corrected chi connectivity index (χ3v) is 23.2. The van der Waals surface area contributed by atoms with Crippen LogP contribution in [0.4, 0.5) is 0 Å². The number of rotatable bonds is 33. The number of carbonyl (C=O) groups is 6. The molecule has 128 heavy (non-hydrogen) atoms. The maximum absolute atomic E-state index is 13.5. The van der Waals surface area contributed by atoms with Gasteiger partial charge >= 0.3 is 0 Å². The van der Waals surface area contributed by atoms with Gasteiger partial charge in [0.05, 0.1) is 65.6 Å². The van der Waals surface area contributed by atoms with E-state index in [1.165, 1.54) is 6.92 Å². The average molecular weight is 1870 g/mol. The molecule has 10 saturated heterocycles. The van der Waals surface area contributed by atoms with E-state index in [1.807, 2.05) is 0 Å². The molecule has 0 spiro atoms. The summed E-state index contributed by atoms with van der Waals surface area (Å²) in [6, 6.07) is -11.5. The molecular weight excluding hydrogens is 1750 g/mol. The van der Waals surface area contributed by atoms with E-state index in [4.69, 9.17) is 90.0 Å². The predicted octanol–water partition coefficient (Wildman–Crippen LogP) is -20.9. The fourth-order valence-corrected chi connectivity index (χ4v) is 16.5. The zero-order valence-electron chi connectivity index (χ0n) is 69.6. The van der Waals surface area contributed by atoms with E-state index in [1.54, 1.807) is 0 Å². The van der Waals surface area contributed by atoms with Gasteiger partial charge in [-0.25, -0.2) is 0 Å². The van der Waals surface area contributed by atoms with Crippen LogP contribution >= 0.6 is 0 Å². The van der Waals surface area contributed by atoms with Gasteiger partial charge in [-0.15, -0.1) is 0 Å². The van der Waals surface area contributed by atoms with Crippen molar-refractivity contribution in [2.75, 3.05) is 59.5 Å². The monoisotopic (exact) mass is 1870 g/mol. The summed E-state index contributed by atoms with van der Waals surface area (Å²) in [6.45, 7) is -3.33. The van der Waals surface area contributed by atoms with Crippen molar-refractivity contribution in [2.24, 2.45) is 0 Å². The summed E-state index contributed by atoms with van der Waals surface area (Å²) in [5, 5.41) is 298. The summed E-state index contributed by atoms with van der Waals surface area (Å²) in [5.74, 6) is -5.63. The summed E-state index contributed by atoms with van der Waals surface area (Å²) in [6.07, 6.45) is -94.3. The molecule has 0 radical (unpaired) electrons. The average Bonchev–Trinajstić information content (AvgIpc) is 0.758. The highest BCUT2D eigenvalue weighted by molar-refractivity contribution is 5.75. The minimum atomic E-state index is -2.78. The first-order chi connectivity index (χ1) is 60.4. The molecule has 50 atom stereocenters. The Hall–Kier alpha value is -4.94. The first-order valence-corrected chi connectivity index (χ1v) is 41.0. The van der Waals surface area contributed by atoms with Crippen molar-refractivity contribution >= 4 is 35.4 Å². The van der Waals surface area contributed by atoms with E-state index in [0.717, 1.165) is 41.5 Å². The van der Waals surface area contributed by atoms with Gasteiger partial charge in [0.2, 0.25) is 35.4 Å². The standard InChI is InChI=1S/C72H120N6O50/c1-17-39(91)52(104)55(107)69(113-17)111-15-31-58(50(102)33(63(109)114-31)73-18(2)85)123-68-38(78-23(7)90)51(103)57(29(13-84)120-68)124-70-56(108)60(126-72-62(53(105)44(96)28(12-83)119-72)128-67-37(77-22(6)89)49(101)43(95)27(11-82)118-67)59(125-65-35(75-20(4)87)47(99)41(93)25(9-80)116-65)32(122-70)16-112-71-61(127-66-36(76-21(5)88)48(100)42(94)26(10-81)117-66)54(106)45(97)30(121-71)14-110-64-34(74-19(3)86)46(98)40(92)24(8-79)115-64/h17,24-72,79-84,91-109H,8-16H2,1-7H3,(H,73,85)(H,74,86)(H,75,87)(H,76,88)(H,77,89)(H,78,90)/t17-,24+,25+,26+,27+,28+,29+,30+,31+,32+,33+,34+,35+,36+,37+,38+,39+,40+,41+,42+,43+,44+,45+,46+,47+,48+,49+,50+,51+,52+,53-,54-,55-,56-,57+,58+,59+,60+,61-,62-,63+,64+,65-,66-,67-,68-,69+,70-,71-,72+/m0/s1. The van der Waals surface area contributed by atoms with Crippen LogP contribution in [0.25, 0.3) is 0 Å². The molecule has 10 aliphatic rings. The molecule has 0 bridgehead atoms. The highest BCUT2D eigenvalue weighted by Gasteiger charge is 2.62. The van der Waals surface area contributed by atoms with Gasteiger partial charge in [-0.05, 0) is 6.92 Å². The lowest BCUT2D eigenvalue weighted by Crippen LogP contribution is -2.71. The van der Waals surface area contributed by atoms with Gasteiger partial charge in [-0.1, -0.05) is 0 Å². The summed E-state index contributed by atoms with van der Waals surface area (Å²) in [4.78, 5) is 77.5. The van der Waals surface area contributed by atoms with Crippen molar-refractivity contribution < 1.29 is 246 Å². The third kappa shape index (κ3) is 23.9. The van der Waals surface area contributed by atoms with Gasteiger partial charge in [0.1, 0.15) is 238 Å². The van der Waals surface area contributed by atoms with E-state index < -0.39 is 402 Å². The van der Waals surface area contributed by atoms with Crippen molar-refractivity contribution in [1.82, 2.24) is 31.9 Å². The van der Waals surface area contributed by atoms with Crippen molar-refractivity contribution in [3.8, 4) is 0 Å². The van der Waals surface area contributed by atoms with Crippen molar-refractivity contribution in [1.29, 1.82) is 0 Å². The van der Waals surface area contributed by atoms with Crippen LogP contribution in [0.2, 0.25) is 0 Å². The fraction of sp³-hybridized carbons (Fsp3) is 0.917. The van der Waals surface area contributed by atoms with E-state index in [0.29, 0.717) is 0 Å². The molecule has 0 unspecified atom stereocenters. The van der Waals surface area contributed by atoms with Gasteiger partial charge in [-0.2, -0.15) is 0 Å². The molecule has 31 N–H and O–H groups in total. The van der Waals surface area contributed by atoms with E-state index in [2.05, 4.69) is 31.9 Å². The van der Waals surface area contributed by atoms with Crippen LogP contribution < -0.4 is 31.9 Å². The Balaban J connectivity index is 1.11. The third-order valence-electron chi connectivity index (χ3n) is 23.2. The highest BCUT2D eigenvalue weighted by Crippen LogP contribution is 2.41. The summed E-state index contributed by atoms with van der Waals surface area (Å²) in [5.41, 5.74) is 0. The summed E-state index contributed by atoms with van der Waals surface area (Å²) in [7, 11) is 0. The molecule has 0 aliphatic carbocycles. The highest BCUT2D eigenvalue weighted by atomic mass is 16.8. The van der Waals surface area contributed by atoms with Gasteiger partial charge in [0, 0.05) is 41.5 Å². The smallest absolute Gasteiger partial charge is 0.217 e. The second-order valence-corrected chi connectivity index (χ2v) is 32.5. The van der Waals surface area contributed by atoms with Gasteiger partial charge in [-0.3, -0.25) is 28.8 Å². The van der Waals surface area contributed by atoms with Crippen molar-refractivity contribution in [3.63, 3.8) is 0 Å². The molecule has 738 valence electrons. The molecule has 10 fully saturated rings. The quantitative estimate of drug-likeness (QED) is 0.0290. The number of aliphatic hydroxyl groups excluding tert-OH is 25. The largest absolute Gasteiger partial charge is 0.394 e. The number of carbonyl (C=O) groups excluding carboxylic acids is 6. The number of ether oxygens (including phenoxy) is 19. The fourth-order valence-electron chi connectivity index (χ4n) is 16.5. The molecule has 10 aliphatic heterocycles. The first-order valence-electron chi connectivity index (χ1n) is 41.0. The lowest BCUT2D eigenvalue weighted by Gasteiger charge is -2.52. The molecule has 10 rings (SSSR count). The summed E-state index contributed by atoms with van der Waals surface area (Å²) >= 11 is 0. The number of nitrogens with one attached hydrogen (secondary N) is 6. The second kappa shape index (κ2) is 46.1. The molecule has 0 aromatic rings. The Morgan fingerprint density at radius 1 is 0.219 bits per heavy atom. The van der Waals surface area contributed by atoms with Crippen LogP contribution in [-0.4, -0.2) is 529 Å². The normalized spacial score (nSPS) is 47.8. The Morgan fingerprint density at radius 3 is 0.914 bits per heavy atom. The molecular formula is C72H120N6O50. The number of amides is 6. The van der Waals surface area contributed by atoms with Gasteiger partial charge < -0.3 is 250 Å². The SMILES string of the molecule is CC(=O)N[C@@H]1[C@@H](O)[C@H](O[C@@H]2O[C@H](CO)[C@@H](O[C@@H]3O[C@H](CO[C@H]4O[C@H](CO[C@@H]5O[C@H](CO)[C@@H](O)[C@H](O)[C@H]5NC(C)=O)[C@@H](O)[C@H](O)[C@@H]4O[C@@H]4O[C@H](CO)[C@@H](O)[C@H](O)[C@H]4NC(C)=O)[C@@H](O[C@@H]4O[C@H](CO)[C@@H](O)[C@H](O)[C@H]4NC(C)=O)[C@H](O[C@H]4O[C@H](CO)[C@@H](O)[C@H](O)[C@@H]4O[C@@H]4O[C@H](CO)[C@@H](O)[C@H](O)[C@H]4NC(C)=O)[C@@H]3O)[C@H](O)[C@H]2NC(C)=O)[C@@H](CO[C@@H]2O[C@@H](C)[C@@H](O)[C@@H](O)[C@@H]2O)O[C@H]1O. The van der Waals surface area contributed by atoms with Crippen molar-refractivity contribution in [3.05, 3.63) is 0 Å². The minimum absolute atomic E-state index is 0.840. The van der Waals surface area contributed by atoms with Crippen LogP contribution in [-0.2, 0) is 119 Å². The first kappa shape index (κ1) is 105. The molecule has 56 nitrogen and oxygen atoms in total. The predicted molar refractivity (Wildman–Crippen MR) is 398 cm³/mol. The van der Waals surface area contributed by atoms with Crippen LogP contribution in [0.15, 0.2) is 0 Å². The number of hydrogen-bond acceptors (Lipinski definition) is 50.